The van der Waals surface area contributed by atoms with Gasteiger partial charge in [0.2, 0.25) is 5.91 Å². The molecule has 0 saturated heterocycles. The summed E-state index contributed by atoms with van der Waals surface area (Å²) in [5, 5.41) is 2.38. The maximum Gasteiger partial charge on any atom is 0.345 e. The number of hydrogen-bond donors (Lipinski definition) is 2. The van der Waals surface area contributed by atoms with Gasteiger partial charge in [-0.2, -0.15) is 0 Å². The van der Waals surface area contributed by atoms with Crippen molar-refractivity contribution >= 4 is 11.9 Å². The molecule has 3 amide bonds. The van der Waals surface area contributed by atoms with Crippen molar-refractivity contribution in [1.82, 2.24) is 10.8 Å². The van der Waals surface area contributed by atoms with E-state index in [1.54, 1.807) is 0 Å². The molecular weight excluding hydrogens is 256 g/mol. The maximum absolute atomic E-state index is 12.6. The number of carbonyl (C=O) groups is 2. The molecule has 1 saturated carbocycles. The van der Waals surface area contributed by atoms with Crippen molar-refractivity contribution in [2.75, 3.05) is 7.11 Å². The Morgan fingerprint density at radius 3 is 2.35 bits per heavy atom. The number of nitrogens with one attached hydrogen (secondary N) is 2. The summed E-state index contributed by atoms with van der Waals surface area (Å²) in [5.41, 5.74) is 2.48. The molecule has 0 radical (unpaired) electrons. The van der Waals surface area contributed by atoms with Crippen molar-refractivity contribution in [1.29, 1.82) is 0 Å². The third-order valence-corrected chi connectivity index (χ3v) is 3.89. The highest BCUT2D eigenvalue weighted by atomic mass is 16.6. The molecule has 2 N–H and O–H groups in total. The first-order valence-corrected chi connectivity index (χ1v) is 6.89. The number of hydroxylamine groups is 1. The molecule has 20 heavy (non-hydrogen) atoms. The summed E-state index contributed by atoms with van der Waals surface area (Å²) >= 11 is 0. The minimum absolute atomic E-state index is 0.252. The van der Waals surface area contributed by atoms with Crippen molar-refractivity contribution in [3.63, 3.8) is 0 Å². The van der Waals surface area contributed by atoms with Gasteiger partial charge in [0.1, 0.15) is 0 Å². The summed E-state index contributed by atoms with van der Waals surface area (Å²) < 4.78 is 0. The summed E-state index contributed by atoms with van der Waals surface area (Å²) in [7, 11) is 1.33. The number of imide groups is 1. The number of amides is 3. The van der Waals surface area contributed by atoms with E-state index in [0.29, 0.717) is 0 Å². The van der Waals surface area contributed by atoms with E-state index in [0.717, 1.165) is 37.7 Å². The first-order valence-electron chi connectivity index (χ1n) is 6.89. The third kappa shape index (κ3) is 2.99. The summed E-state index contributed by atoms with van der Waals surface area (Å²) in [4.78, 5) is 28.6. The minimum atomic E-state index is -0.627. The topological polar surface area (TPSA) is 67.4 Å². The van der Waals surface area contributed by atoms with E-state index in [-0.39, 0.29) is 5.91 Å². The Balaban J connectivity index is 2.23. The zero-order valence-corrected chi connectivity index (χ0v) is 11.6. The van der Waals surface area contributed by atoms with Gasteiger partial charge in [0, 0.05) is 0 Å². The average Bonchev–Trinajstić information content (AvgIpc) is 2.49. The Kier molecular flexibility index (Phi) is 4.74. The lowest BCUT2D eigenvalue weighted by Gasteiger charge is -2.36. The van der Waals surface area contributed by atoms with Gasteiger partial charge in [-0.1, -0.05) is 49.6 Å². The molecule has 5 nitrogen and oxygen atoms in total. The van der Waals surface area contributed by atoms with Crippen LogP contribution in [0.4, 0.5) is 4.79 Å². The zero-order valence-electron chi connectivity index (χ0n) is 11.6. The molecule has 0 bridgehead atoms. The number of hydrogen-bond acceptors (Lipinski definition) is 3. The van der Waals surface area contributed by atoms with Crippen LogP contribution in [0.25, 0.3) is 0 Å². The fourth-order valence-corrected chi connectivity index (χ4v) is 2.90. The molecule has 0 aromatic heterocycles. The molecule has 0 atom stereocenters. The molecule has 1 aliphatic carbocycles. The lowest BCUT2D eigenvalue weighted by Crippen LogP contribution is -2.50. The van der Waals surface area contributed by atoms with E-state index in [9.17, 15) is 9.59 Å². The van der Waals surface area contributed by atoms with E-state index in [4.69, 9.17) is 0 Å². The van der Waals surface area contributed by atoms with Crippen molar-refractivity contribution in [3.8, 4) is 0 Å². The van der Waals surface area contributed by atoms with Crippen LogP contribution in [-0.2, 0) is 15.0 Å². The Bertz CT molecular complexity index is 467. The summed E-state index contributed by atoms with van der Waals surface area (Å²) in [6.45, 7) is 0. The Labute approximate surface area is 118 Å². The molecule has 1 aromatic rings. The van der Waals surface area contributed by atoms with Crippen LogP contribution in [0.3, 0.4) is 0 Å². The van der Waals surface area contributed by atoms with Crippen molar-refractivity contribution < 1.29 is 14.4 Å². The first-order chi connectivity index (χ1) is 9.69. The largest absolute Gasteiger partial charge is 0.345 e. The Hall–Kier alpha value is -1.88. The molecule has 0 unspecified atom stereocenters. The SMILES string of the molecule is CONC(=O)NC(=O)C1(c2ccccc2)CCCCC1. The molecule has 5 heteroatoms. The lowest BCUT2D eigenvalue weighted by molar-refractivity contribution is -0.127. The summed E-state index contributed by atoms with van der Waals surface area (Å²) in [6.07, 6.45) is 4.65. The summed E-state index contributed by atoms with van der Waals surface area (Å²) in [6, 6.07) is 9.06. The monoisotopic (exact) mass is 276 g/mol. The summed E-state index contributed by atoms with van der Waals surface area (Å²) in [5.74, 6) is -0.252. The van der Waals surface area contributed by atoms with Crippen LogP contribution < -0.4 is 10.8 Å². The van der Waals surface area contributed by atoms with E-state index in [1.165, 1.54) is 7.11 Å². The number of rotatable bonds is 3. The van der Waals surface area contributed by atoms with Crippen LogP contribution in [0.15, 0.2) is 30.3 Å². The van der Waals surface area contributed by atoms with Gasteiger partial charge >= 0.3 is 6.03 Å². The molecule has 108 valence electrons. The second-order valence-electron chi connectivity index (χ2n) is 5.10. The third-order valence-electron chi connectivity index (χ3n) is 3.89. The molecule has 1 fully saturated rings. The van der Waals surface area contributed by atoms with Crippen LogP contribution in [0.2, 0.25) is 0 Å². The number of carbonyl (C=O) groups excluding carboxylic acids is 2. The van der Waals surface area contributed by atoms with Gasteiger partial charge in [0.25, 0.3) is 0 Å². The van der Waals surface area contributed by atoms with E-state index < -0.39 is 11.4 Å². The molecule has 0 heterocycles. The fraction of sp³-hybridized carbons (Fsp3) is 0.467. The normalized spacial score (nSPS) is 17.2. The predicted octanol–water partition coefficient (Wildman–Crippen LogP) is 2.28. The number of benzene rings is 1. The smallest absolute Gasteiger partial charge is 0.276 e. The first kappa shape index (κ1) is 14.5. The van der Waals surface area contributed by atoms with E-state index >= 15 is 0 Å². The highest BCUT2D eigenvalue weighted by molar-refractivity contribution is 5.99. The fourth-order valence-electron chi connectivity index (χ4n) is 2.90. The van der Waals surface area contributed by atoms with Gasteiger partial charge in [0.05, 0.1) is 12.5 Å². The van der Waals surface area contributed by atoms with Gasteiger partial charge in [-0.05, 0) is 18.4 Å². The molecule has 0 spiro atoms. The minimum Gasteiger partial charge on any atom is -0.276 e. The average molecular weight is 276 g/mol. The van der Waals surface area contributed by atoms with Crippen LogP contribution >= 0.6 is 0 Å². The highest BCUT2D eigenvalue weighted by Gasteiger charge is 2.41. The van der Waals surface area contributed by atoms with Crippen molar-refractivity contribution in [2.24, 2.45) is 0 Å². The van der Waals surface area contributed by atoms with E-state index in [1.807, 2.05) is 30.3 Å². The van der Waals surface area contributed by atoms with Crippen LogP contribution in [0.5, 0.6) is 0 Å². The van der Waals surface area contributed by atoms with Crippen molar-refractivity contribution in [2.45, 2.75) is 37.5 Å². The second kappa shape index (κ2) is 6.52. The van der Waals surface area contributed by atoms with Gasteiger partial charge in [-0.15, -0.1) is 0 Å². The molecule has 1 aromatic carbocycles. The van der Waals surface area contributed by atoms with Gasteiger partial charge in [-0.3, -0.25) is 14.9 Å². The molecular formula is C15H20N2O3. The maximum atomic E-state index is 12.6. The standard InChI is InChI=1S/C15H20N2O3/c1-20-17-14(19)16-13(18)15(10-6-3-7-11-15)12-8-4-2-5-9-12/h2,4-5,8-9H,3,6-7,10-11H2,1H3,(H2,16,17,18,19). The Morgan fingerprint density at radius 2 is 1.75 bits per heavy atom. The second-order valence-corrected chi connectivity index (χ2v) is 5.10. The van der Waals surface area contributed by atoms with Gasteiger partial charge in [-0.25, -0.2) is 10.3 Å². The van der Waals surface area contributed by atoms with E-state index in [2.05, 4.69) is 15.6 Å². The highest BCUT2D eigenvalue weighted by Crippen LogP contribution is 2.39. The Morgan fingerprint density at radius 1 is 1.10 bits per heavy atom. The lowest BCUT2D eigenvalue weighted by atomic mass is 9.69. The quantitative estimate of drug-likeness (QED) is 0.832. The molecule has 1 aliphatic rings. The van der Waals surface area contributed by atoms with Crippen molar-refractivity contribution in [3.05, 3.63) is 35.9 Å². The van der Waals surface area contributed by atoms with Gasteiger partial charge < -0.3 is 0 Å². The zero-order chi connectivity index (χ0) is 14.4. The van der Waals surface area contributed by atoms with Gasteiger partial charge in [0.15, 0.2) is 0 Å². The predicted molar refractivity (Wildman–Crippen MR) is 74.9 cm³/mol. The molecule has 2 rings (SSSR count). The van der Waals surface area contributed by atoms with Crippen LogP contribution in [-0.4, -0.2) is 19.0 Å². The number of urea groups is 1. The molecule has 0 aliphatic heterocycles. The van der Waals surface area contributed by atoms with Crippen LogP contribution in [0.1, 0.15) is 37.7 Å². The van der Waals surface area contributed by atoms with Crippen LogP contribution in [0, 0.1) is 0 Å².